The smallest absolute Gasteiger partial charge is 0.258 e. The zero-order valence-corrected chi connectivity index (χ0v) is 16.7. The molecule has 8 heteroatoms. The number of anilines is 1. The number of amides is 1. The van der Waals surface area contributed by atoms with E-state index in [0.717, 1.165) is 5.56 Å². The van der Waals surface area contributed by atoms with Crippen LogP contribution >= 0.6 is 0 Å². The summed E-state index contributed by atoms with van der Waals surface area (Å²) < 4.78 is 33.9. The van der Waals surface area contributed by atoms with E-state index < -0.39 is 17.3 Å². The maximum absolute atomic E-state index is 14.8. The van der Waals surface area contributed by atoms with Crippen molar-refractivity contribution in [3.05, 3.63) is 71.3 Å². The van der Waals surface area contributed by atoms with Gasteiger partial charge in [-0.2, -0.15) is 0 Å². The van der Waals surface area contributed by atoms with Crippen LogP contribution in [0.15, 0.2) is 53.5 Å². The van der Waals surface area contributed by atoms with Gasteiger partial charge >= 0.3 is 0 Å². The van der Waals surface area contributed by atoms with Crippen molar-refractivity contribution in [1.82, 2.24) is 4.90 Å². The van der Waals surface area contributed by atoms with E-state index in [2.05, 4.69) is 16.9 Å². The number of benzene rings is 2. The maximum atomic E-state index is 14.8. The molecule has 0 aromatic heterocycles. The lowest BCUT2D eigenvalue weighted by Crippen LogP contribution is -2.49. The normalized spacial score (nSPS) is 23.5. The molecule has 0 radical (unpaired) electrons. The molecule has 0 saturated heterocycles. The van der Waals surface area contributed by atoms with Crippen molar-refractivity contribution in [3.63, 3.8) is 0 Å². The number of carbonyl (C=O) groups excluding carboxylic acids is 1. The Kier molecular flexibility index (Phi) is 4.72. The van der Waals surface area contributed by atoms with Gasteiger partial charge in [-0.25, -0.2) is 13.8 Å². The van der Waals surface area contributed by atoms with Crippen LogP contribution in [0.5, 0.6) is 5.75 Å². The Morgan fingerprint density at radius 1 is 1.30 bits per heavy atom. The Labute approximate surface area is 173 Å². The van der Waals surface area contributed by atoms with E-state index in [1.165, 1.54) is 30.1 Å². The summed E-state index contributed by atoms with van der Waals surface area (Å²) >= 11 is 0. The van der Waals surface area contributed by atoms with Crippen LogP contribution in [0.4, 0.5) is 14.5 Å². The van der Waals surface area contributed by atoms with E-state index in [-0.39, 0.29) is 29.0 Å². The fraction of sp³-hybridized carbons (Fsp3) is 0.273. The maximum Gasteiger partial charge on any atom is 0.258 e. The molecule has 2 heterocycles. The molecule has 2 aliphatic heterocycles. The fourth-order valence-corrected chi connectivity index (χ4v) is 3.81. The number of nitrogens with two attached hydrogens (primary N) is 1. The van der Waals surface area contributed by atoms with Crippen LogP contribution in [0, 0.1) is 11.6 Å². The molecule has 2 atom stereocenters. The van der Waals surface area contributed by atoms with Crippen molar-refractivity contribution in [1.29, 1.82) is 0 Å². The molecule has 156 valence electrons. The number of nitrogens with zero attached hydrogens (tertiary/aromatic N) is 2. The number of nitrogens with one attached hydrogen (secondary N) is 1. The van der Waals surface area contributed by atoms with Gasteiger partial charge in [0, 0.05) is 41.9 Å². The molecule has 0 bridgehead atoms. The Bertz CT molecular complexity index is 1080. The van der Waals surface area contributed by atoms with E-state index in [4.69, 9.17) is 10.5 Å². The Morgan fingerprint density at radius 2 is 2.07 bits per heavy atom. The Hall–Kier alpha value is -3.42. The van der Waals surface area contributed by atoms with Gasteiger partial charge in [-0.05, 0) is 31.2 Å². The second-order valence-corrected chi connectivity index (χ2v) is 7.60. The highest BCUT2D eigenvalue weighted by Crippen LogP contribution is 2.40. The zero-order valence-electron chi connectivity index (χ0n) is 16.7. The minimum Gasteiger partial charge on any atom is -0.493 e. The molecular weight excluding hydrogens is 390 g/mol. The van der Waals surface area contributed by atoms with Crippen molar-refractivity contribution in [2.45, 2.75) is 24.9 Å². The lowest BCUT2D eigenvalue weighted by Gasteiger charge is -2.36. The number of rotatable bonds is 3. The minimum absolute atomic E-state index is 0.00644. The van der Waals surface area contributed by atoms with Crippen molar-refractivity contribution in [2.75, 3.05) is 19.0 Å². The van der Waals surface area contributed by atoms with Crippen LogP contribution in [0.2, 0.25) is 0 Å². The Morgan fingerprint density at radius 3 is 2.83 bits per heavy atom. The molecule has 2 aliphatic rings. The van der Waals surface area contributed by atoms with Gasteiger partial charge in [0.05, 0.1) is 12.6 Å². The summed E-state index contributed by atoms with van der Waals surface area (Å²) in [4.78, 5) is 18.0. The molecule has 30 heavy (non-hydrogen) atoms. The predicted molar refractivity (Wildman–Crippen MR) is 110 cm³/mol. The first-order valence-corrected chi connectivity index (χ1v) is 9.52. The molecule has 1 unspecified atom stereocenters. The molecule has 0 fully saturated rings. The van der Waals surface area contributed by atoms with E-state index >= 15 is 0 Å². The highest BCUT2D eigenvalue weighted by Gasteiger charge is 2.42. The van der Waals surface area contributed by atoms with Crippen LogP contribution in [-0.4, -0.2) is 30.4 Å². The van der Waals surface area contributed by atoms with Crippen LogP contribution in [0.3, 0.4) is 0 Å². The highest BCUT2D eigenvalue weighted by atomic mass is 19.1. The number of likely N-dealkylation sites (N-methyl/N-ethyl adjacent to an activating group) is 1. The molecule has 6 nitrogen and oxygen atoms in total. The average Bonchev–Trinajstić information content (AvgIpc) is 2.72. The van der Waals surface area contributed by atoms with E-state index in [1.807, 2.05) is 0 Å². The number of hydrogen-bond donors (Lipinski definition) is 2. The van der Waals surface area contributed by atoms with Crippen molar-refractivity contribution in [2.24, 2.45) is 10.7 Å². The number of ether oxygens (including phenoxy) is 1. The van der Waals surface area contributed by atoms with E-state index in [0.29, 0.717) is 24.5 Å². The number of carbonyl (C=O) groups is 1. The molecule has 1 amide bonds. The number of guanidine groups is 1. The van der Waals surface area contributed by atoms with Crippen LogP contribution in [0.25, 0.3) is 0 Å². The standard InChI is InChI=1S/C22H22F2N4O2/c1-12-20(29)28(3)21(25)27-22(12,2)16-11-14(5-7-17(16)24)26-18-8-9-30-19-10-13(23)4-6-15(18)19/h4-7,10-11,18,26H,1,8-9H2,2-3H3,(H2,25,27)/t18?,22-/m0/s1. The van der Waals surface area contributed by atoms with Gasteiger partial charge in [0.2, 0.25) is 0 Å². The highest BCUT2D eigenvalue weighted by molar-refractivity contribution is 6.08. The molecule has 2 aromatic rings. The quantitative estimate of drug-likeness (QED) is 0.757. The first-order chi connectivity index (χ1) is 14.2. The van der Waals surface area contributed by atoms with Crippen molar-refractivity contribution < 1.29 is 18.3 Å². The summed E-state index contributed by atoms with van der Waals surface area (Å²) in [6.07, 6.45) is 0.656. The molecule has 3 N–H and O–H groups in total. The topological polar surface area (TPSA) is 80.0 Å². The van der Waals surface area contributed by atoms with Gasteiger partial charge in [-0.1, -0.05) is 12.6 Å². The monoisotopic (exact) mass is 412 g/mol. The van der Waals surface area contributed by atoms with E-state index in [1.54, 1.807) is 25.1 Å². The first kappa shape index (κ1) is 19.9. The van der Waals surface area contributed by atoms with Gasteiger partial charge in [-0.15, -0.1) is 0 Å². The zero-order chi connectivity index (χ0) is 21.6. The van der Waals surface area contributed by atoms with Gasteiger partial charge < -0.3 is 15.8 Å². The van der Waals surface area contributed by atoms with Crippen LogP contribution in [-0.2, 0) is 10.3 Å². The van der Waals surface area contributed by atoms with Gasteiger partial charge in [-0.3, -0.25) is 9.69 Å². The minimum atomic E-state index is -1.33. The van der Waals surface area contributed by atoms with Gasteiger partial charge in [0.1, 0.15) is 22.9 Å². The molecule has 0 aliphatic carbocycles. The summed E-state index contributed by atoms with van der Waals surface area (Å²) in [6, 6.07) is 8.79. The van der Waals surface area contributed by atoms with Gasteiger partial charge in [0.15, 0.2) is 5.96 Å². The van der Waals surface area contributed by atoms with E-state index in [9.17, 15) is 13.6 Å². The summed E-state index contributed by atoms with van der Waals surface area (Å²) in [7, 11) is 1.49. The molecular formula is C22H22F2N4O2. The van der Waals surface area contributed by atoms with Crippen molar-refractivity contribution >= 4 is 17.6 Å². The summed E-state index contributed by atoms with van der Waals surface area (Å²) in [5, 5.41) is 3.35. The van der Waals surface area contributed by atoms with Gasteiger partial charge in [0.25, 0.3) is 5.91 Å². The number of hydrogen-bond acceptors (Lipinski definition) is 5. The fourth-order valence-electron chi connectivity index (χ4n) is 3.81. The third kappa shape index (κ3) is 3.18. The second kappa shape index (κ2) is 7.12. The largest absolute Gasteiger partial charge is 0.493 e. The number of fused-ring (bicyclic) bond motifs is 1. The lowest BCUT2D eigenvalue weighted by atomic mass is 9.83. The summed E-state index contributed by atoms with van der Waals surface area (Å²) in [5.41, 5.74) is 6.31. The summed E-state index contributed by atoms with van der Waals surface area (Å²) in [5.74, 6) is -0.823. The Balaban J connectivity index is 1.71. The molecule has 2 aromatic carbocycles. The second-order valence-electron chi connectivity index (χ2n) is 7.60. The molecule has 0 saturated carbocycles. The van der Waals surface area contributed by atoms with Crippen LogP contribution in [0.1, 0.15) is 30.5 Å². The summed E-state index contributed by atoms with van der Waals surface area (Å²) in [6.45, 7) is 5.88. The third-order valence-electron chi connectivity index (χ3n) is 5.68. The molecule has 4 rings (SSSR count). The average molecular weight is 412 g/mol. The third-order valence-corrected chi connectivity index (χ3v) is 5.68. The van der Waals surface area contributed by atoms with Crippen LogP contribution < -0.4 is 15.8 Å². The first-order valence-electron chi connectivity index (χ1n) is 9.52. The molecule has 0 spiro atoms. The lowest BCUT2D eigenvalue weighted by molar-refractivity contribution is -0.123. The SMILES string of the molecule is C=C1C(=O)N(C)C(N)=N[C@]1(C)c1cc(NC2CCOc3cc(F)ccc32)ccc1F. The number of halogens is 2. The van der Waals surface area contributed by atoms with Crippen molar-refractivity contribution in [3.8, 4) is 5.75 Å². The predicted octanol–water partition coefficient (Wildman–Crippen LogP) is 3.46. The number of aliphatic imine (C=N–C) groups is 1.